The molecular formula is C21H31N3O. The van der Waals surface area contributed by atoms with Crippen LogP contribution in [0.3, 0.4) is 0 Å². The van der Waals surface area contributed by atoms with Gasteiger partial charge in [0.15, 0.2) is 0 Å². The molecule has 4 nitrogen and oxygen atoms in total. The molecule has 3 rings (SSSR count). The highest BCUT2D eigenvalue weighted by Gasteiger charge is 2.25. The van der Waals surface area contributed by atoms with E-state index in [1.807, 2.05) is 4.68 Å². The maximum atomic E-state index is 9.18. The lowest BCUT2D eigenvalue weighted by molar-refractivity contribution is 0.258. The van der Waals surface area contributed by atoms with E-state index in [4.69, 9.17) is 0 Å². The summed E-state index contributed by atoms with van der Waals surface area (Å²) in [7, 11) is 0. The predicted molar refractivity (Wildman–Crippen MR) is 102 cm³/mol. The fourth-order valence-corrected chi connectivity index (χ4v) is 4.17. The monoisotopic (exact) mass is 341 g/mol. The lowest BCUT2D eigenvalue weighted by Crippen LogP contribution is -2.39. The van der Waals surface area contributed by atoms with Crippen molar-refractivity contribution in [2.45, 2.75) is 65.1 Å². The molecule has 0 amide bonds. The molecule has 1 aromatic heterocycles. The molecular weight excluding hydrogens is 310 g/mol. The van der Waals surface area contributed by atoms with Gasteiger partial charge in [-0.3, -0.25) is 4.68 Å². The topological polar surface area (TPSA) is 50.1 Å². The van der Waals surface area contributed by atoms with Gasteiger partial charge in [0, 0.05) is 23.8 Å². The zero-order chi connectivity index (χ0) is 17.6. The molecule has 2 aromatic rings. The molecule has 1 aliphatic carbocycles. The van der Waals surface area contributed by atoms with Crippen LogP contribution < -0.4 is 5.32 Å². The van der Waals surface area contributed by atoms with E-state index in [1.165, 1.54) is 48.9 Å². The second-order valence-corrected chi connectivity index (χ2v) is 7.32. The van der Waals surface area contributed by atoms with E-state index in [-0.39, 0.29) is 6.61 Å². The Morgan fingerprint density at radius 1 is 1.16 bits per heavy atom. The number of aliphatic hydroxyl groups excluding tert-OH is 1. The minimum absolute atomic E-state index is 0.136. The van der Waals surface area contributed by atoms with E-state index in [2.05, 4.69) is 54.6 Å². The number of nitrogens with one attached hydrogen (secondary N) is 1. The highest BCUT2D eigenvalue weighted by atomic mass is 16.3. The minimum Gasteiger partial charge on any atom is -0.394 e. The first-order chi connectivity index (χ1) is 12.2. The van der Waals surface area contributed by atoms with Crippen LogP contribution in [0.5, 0.6) is 0 Å². The Morgan fingerprint density at radius 2 is 1.92 bits per heavy atom. The number of aliphatic hydroxyl groups is 1. The van der Waals surface area contributed by atoms with Gasteiger partial charge in [-0.2, -0.15) is 5.10 Å². The van der Waals surface area contributed by atoms with Crippen molar-refractivity contribution in [2.24, 2.45) is 5.92 Å². The average Bonchev–Trinajstić information content (AvgIpc) is 2.89. The summed E-state index contributed by atoms with van der Waals surface area (Å²) >= 11 is 0. The second-order valence-electron chi connectivity index (χ2n) is 7.32. The standard InChI is InChI=1S/C21H31N3O/c1-16-20(17(2)24(23-16)12-13-25)15-22-21-11-7-6-10-19(21)14-18-8-4-3-5-9-18/h3-5,8-9,19,21-22,25H,6-7,10-15H2,1-2H3. The zero-order valence-corrected chi connectivity index (χ0v) is 15.5. The van der Waals surface area contributed by atoms with Crippen LogP contribution in [-0.2, 0) is 19.5 Å². The first kappa shape index (κ1) is 18.2. The fourth-order valence-electron chi connectivity index (χ4n) is 4.17. The fraction of sp³-hybridized carbons (Fsp3) is 0.571. The van der Waals surface area contributed by atoms with Crippen molar-refractivity contribution in [3.8, 4) is 0 Å². The van der Waals surface area contributed by atoms with Gasteiger partial charge in [-0.25, -0.2) is 0 Å². The molecule has 2 N–H and O–H groups in total. The van der Waals surface area contributed by atoms with Gasteiger partial charge in [0.05, 0.1) is 18.8 Å². The molecule has 25 heavy (non-hydrogen) atoms. The number of aryl methyl sites for hydroxylation is 1. The molecule has 0 spiro atoms. The van der Waals surface area contributed by atoms with Crippen LogP contribution in [0.25, 0.3) is 0 Å². The van der Waals surface area contributed by atoms with Gasteiger partial charge in [-0.15, -0.1) is 0 Å². The SMILES string of the molecule is Cc1nn(CCO)c(C)c1CNC1CCCCC1Cc1ccccc1. The Hall–Kier alpha value is -1.65. The maximum Gasteiger partial charge on any atom is 0.0644 e. The minimum atomic E-state index is 0.136. The van der Waals surface area contributed by atoms with E-state index in [0.717, 1.165) is 12.2 Å². The van der Waals surface area contributed by atoms with Gasteiger partial charge in [0.2, 0.25) is 0 Å². The summed E-state index contributed by atoms with van der Waals surface area (Å²) < 4.78 is 1.93. The summed E-state index contributed by atoms with van der Waals surface area (Å²) in [5, 5.41) is 17.6. The normalized spacial score (nSPS) is 20.8. The van der Waals surface area contributed by atoms with Gasteiger partial charge in [-0.05, 0) is 44.6 Å². The predicted octanol–water partition coefficient (Wildman–Crippen LogP) is 3.38. The van der Waals surface area contributed by atoms with Crippen LogP contribution in [0.1, 0.15) is 48.2 Å². The van der Waals surface area contributed by atoms with E-state index in [9.17, 15) is 5.11 Å². The summed E-state index contributed by atoms with van der Waals surface area (Å²) in [5.74, 6) is 0.712. The van der Waals surface area contributed by atoms with Crippen molar-refractivity contribution in [3.63, 3.8) is 0 Å². The van der Waals surface area contributed by atoms with Gasteiger partial charge < -0.3 is 10.4 Å². The molecule has 4 heteroatoms. The summed E-state index contributed by atoms with van der Waals surface area (Å²) in [5.41, 5.74) is 4.99. The Morgan fingerprint density at radius 3 is 2.68 bits per heavy atom. The van der Waals surface area contributed by atoms with Gasteiger partial charge in [0.1, 0.15) is 0 Å². The molecule has 1 aromatic carbocycles. The second kappa shape index (κ2) is 8.63. The average molecular weight is 341 g/mol. The van der Waals surface area contributed by atoms with Crippen LogP contribution in [0.4, 0.5) is 0 Å². The molecule has 2 atom stereocenters. The van der Waals surface area contributed by atoms with Crippen molar-refractivity contribution in [2.75, 3.05) is 6.61 Å². The smallest absolute Gasteiger partial charge is 0.0644 e. The summed E-state index contributed by atoms with van der Waals surface area (Å²) in [6, 6.07) is 11.5. The van der Waals surface area contributed by atoms with Gasteiger partial charge in [-0.1, -0.05) is 43.2 Å². The molecule has 2 unspecified atom stereocenters. The molecule has 1 aliphatic rings. The van der Waals surface area contributed by atoms with Crippen molar-refractivity contribution in [1.82, 2.24) is 15.1 Å². The largest absolute Gasteiger partial charge is 0.394 e. The molecule has 0 aliphatic heterocycles. The number of rotatable bonds is 7. The lowest BCUT2D eigenvalue weighted by atomic mass is 9.80. The molecule has 1 saturated carbocycles. The quantitative estimate of drug-likeness (QED) is 0.812. The molecule has 0 saturated heterocycles. The zero-order valence-electron chi connectivity index (χ0n) is 15.5. The van der Waals surface area contributed by atoms with Crippen molar-refractivity contribution < 1.29 is 5.11 Å². The summed E-state index contributed by atoms with van der Waals surface area (Å²) in [6.07, 6.45) is 6.42. The van der Waals surface area contributed by atoms with Gasteiger partial charge >= 0.3 is 0 Å². The van der Waals surface area contributed by atoms with Crippen LogP contribution in [0, 0.1) is 19.8 Å². The van der Waals surface area contributed by atoms with Crippen molar-refractivity contribution >= 4 is 0 Å². The Labute approximate surface area is 151 Å². The first-order valence-electron chi connectivity index (χ1n) is 9.60. The van der Waals surface area contributed by atoms with Crippen LogP contribution in [0.2, 0.25) is 0 Å². The molecule has 0 radical (unpaired) electrons. The molecule has 1 heterocycles. The Kier molecular flexibility index (Phi) is 6.27. The van der Waals surface area contributed by atoms with E-state index < -0.39 is 0 Å². The highest BCUT2D eigenvalue weighted by Crippen LogP contribution is 2.28. The van der Waals surface area contributed by atoms with E-state index in [1.54, 1.807) is 0 Å². The number of nitrogens with zero attached hydrogens (tertiary/aromatic N) is 2. The van der Waals surface area contributed by atoms with Crippen molar-refractivity contribution in [3.05, 3.63) is 52.8 Å². The van der Waals surface area contributed by atoms with Crippen molar-refractivity contribution in [1.29, 1.82) is 0 Å². The van der Waals surface area contributed by atoms with Crippen LogP contribution in [0.15, 0.2) is 30.3 Å². The number of aromatic nitrogens is 2. The third kappa shape index (κ3) is 4.50. The Bertz CT molecular complexity index is 665. The van der Waals surface area contributed by atoms with E-state index in [0.29, 0.717) is 18.5 Å². The third-order valence-electron chi connectivity index (χ3n) is 5.63. The molecule has 0 bridgehead atoms. The van der Waals surface area contributed by atoms with Crippen LogP contribution >= 0.6 is 0 Å². The number of hydrogen-bond acceptors (Lipinski definition) is 3. The van der Waals surface area contributed by atoms with E-state index >= 15 is 0 Å². The van der Waals surface area contributed by atoms with Gasteiger partial charge in [0.25, 0.3) is 0 Å². The molecule has 1 fully saturated rings. The lowest BCUT2D eigenvalue weighted by Gasteiger charge is -2.32. The maximum absolute atomic E-state index is 9.18. The summed E-state index contributed by atoms with van der Waals surface area (Å²) in [6.45, 7) is 5.76. The number of benzene rings is 1. The highest BCUT2D eigenvalue weighted by molar-refractivity contribution is 5.24. The first-order valence-corrected chi connectivity index (χ1v) is 9.60. The Balaban J connectivity index is 1.64. The molecule has 136 valence electrons. The third-order valence-corrected chi connectivity index (χ3v) is 5.63. The van der Waals surface area contributed by atoms with Crippen LogP contribution in [-0.4, -0.2) is 27.5 Å². The number of hydrogen-bond donors (Lipinski definition) is 2. The summed E-state index contributed by atoms with van der Waals surface area (Å²) in [4.78, 5) is 0.